The Labute approximate surface area is 177 Å². The minimum Gasteiger partial charge on any atom is -0.494 e. The number of hydrogen-bond acceptors (Lipinski definition) is 4. The summed E-state index contributed by atoms with van der Waals surface area (Å²) < 4.78 is 5.48. The zero-order chi connectivity index (χ0) is 21.3. The molecular formula is C24H26N4O2. The molecule has 0 aliphatic heterocycles. The summed E-state index contributed by atoms with van der Waals surface area (Å²) in [5, 5.41) is 6.08. The Kier molecular flexibility index (Phi) is 7.16. The molecule has 1 amide bonds. The van der Waals surface area contributed by atoms with Crippen molar-refractivity contribution >= 4 is 17.6 Å². The van der Waals surface area contributed by atoms with Crippen LogP contribution in [0, 0.1) is 13.8 Å². The average Bonchev–Trinajstić information content (AvgIpc) is 2.76. The van der Waals surface area contributed by atoms with Gasteiger partial charge in [-0.25, -0.2) is 4.99 Å². The van der Waals surface area contributed by atoms with E-state index in [4.69, 9.17) is 4.74 Å². The van der Waals surface area contributed by atoms with Crippen LogP contribution in [0.1, 0.15) is 34.0 Å². The number of benzene rings is 2. The van der Waals surface area contributed by atoms with Crippen molar-refractivity contribution in [1.82, 2.24) is 10.3 Å². The predicted molar refractivity (Wildman–Crippen MR) is 120 cm³/mol. The minimum atomic E-state index is -0.218. The first-order valence-electron chi connectivity index (χ1n) is 9.87. The highest BCUT2D eigenvalue weighted by Crippen LogP contribution is 2.16. The molecule has 0 unspecified atom stereocenters. The molecule has 0 spiro atoms. The van der Waals surface area contributed by atoms with E-state index in [1.165, 1.54) is 0 Å². The topological polar surface area (TPSA) is 75.6 Å². The number of aliphatic imine (C=N–C) groups is 1. The molecule has 0 saturated carbocycles. The van der Waals surface area contributed by atoms with E-state index < -0.39 is 0 Å². The van der Waals surface area contributed by atoms with E-state index in [1.54, 1.807) is 12.4 Å². The summed E-state index contributed by atoms with van der Waals surface area (Å²) in [7, 11) is 0. The lowest BCUT2D eigenvalue weighted by atomic mass is 10.1. The van der Waals surface area contributed by atoms with Gasteiger partial charge in [0.15, 0.2) is 0 Å². The Hall–Kier alpha value is -3.67. The first-order valence-corrected chi connectivity index (χ1v) is 9.87. The summed E-state index contributed by atoms with van der Waals surface area (Å²) in [5.74, 6) is 0.946. The van der Waals surface area contributed by atoms with Crippen molar-refractivity contribution in [3.63, 3.8) is 0 Å². The second-order valence-electron chi connectivity index (χ2n) is 6.86. The molecule has 2 N–H and O–H groups in total. The summed E-state index contributed by atoms with van der Waals surface area (Å²) in [4.78, 5) is 21.4. The molecule has 30 heavy (non-hydrogen) atoms. The first-order chi connectivity index (χ1) is 14.5. The van der Waals surface area contributed by atoms with Crippen LogP contribution in [0.15, 0.2) is 72.0 Å². The Bertz CT molecular complexity index is 1020. The van der Waals surface area contributed by atoms with Gasteiger partial charge >= 0.3 is 0 Å². The Morgan fingerprint density at radius 1 is 1.00 bits per heavy atom. The van der Waals surface area contributed by atoms with E-state index in [0.717, 1.165) is 28.1 Å². The molecule has 2 aromatic carbocycles. The molecular weight excluding hydrogens is 376 g/mol. The van der Waals surface area contributed by atoms with Gasteiger partial charge in [0, 0.05) is 23.6 Å². The Morgan fingerprint density at radius 2 is 1.73 bits per heavy atom. The molecule has 1 heterocycles. The van der Waals surface area contributed by atoms with Gasteiger partial charge in [-0.1, -0.05) is 6.07 Å². The highest BCUT2D eigenvalue weighted by atomic mass is 16.5. The third kappa shape index (κ3) is 5.91. The van der Waals surface area contributed by atoms with Crippen LogP contribution in [0.5, 0.6) is 5.75 Å². The van der Waals surface area contributed by atoms with Gasteiger partial charge in [-0.3, -0.25) is 15.1 Å². The normalized spacial score (nSPS) is 11.1. The number of aromatic nitrogens is 1. The molecule has 0 bridgehead atoms. The summed E-state index contributed by atoms with van der Waals surface area (Å²) in [6, 6.07) is 16.9. The smallest absolute Gasteiger partial charge is 0.257 e. The van der Waals surface area contributed by atoms with Crippen LogP contribution in [0.25, 0.3) is 0 Å². The first kappa shape index (κ1) is 21.0. The molecule has 1 aromatic heterocycles. The maximum atomic E-state index is 12.8. The lowest BCUT2D eigenvalue weighted by Gasteiger charge is -2.13. The molecule has 0 atom stereocenters. The fourth-order valence-corrected chi connectivity index (χ4v) is 2.77. The van der Waals surface area contributed by atoms with Gasteiger partial charge in [0.1, 0.15) is 5.75 Å². The zero-order valence-corrected chi connectivity index (χ0v) is 17.5. The summed E-state index contributed by atoms with van der Waals surface area (Å²) in [6.45, 7) is 6.97. The van der Waals surface area contributed by atoms with Crippen molar-refractivity contribution in [2.45, 2.75) is 27.3 Å². The van der Waals surface area contributed by atoms with Crippen LogP contribution in [0.4, 0.5) is 5.69 Å². The number of carbonyl (C=O) groups excluding carboxylic acids is 1. The summed E-state index contributed by atoms with van der Waals surface area (Å²) >= 11 is 0. The highest BCUT2D eigenvalue weighted by Gasteiger charge is 2.10. The molecule has 154 valence electrons. The van der Waals surface area contributed by atoms with E-state index in [9.17, 15) is 4.79 Å². The van der Waals surface area contributed by atoms with Crippen LogP contribution in [0.3, 0.4) is 0 Å². The molecule has 0 fully saturated rings. The number of pyridine rings is 1. The molecule has 3 rings (SSSR count). The monoisotopic (exact) mass is 402 g/mol. The van der Waals surface area contributed by atoms with E-state index in [1.807, 2.05) is 75.4 Å². The number of hydrogen-bond donors (Lipinski definition) is 2. The predicted octanol–water partition coefficient (Wildman–Crippen LogP) is 4.50. The third-order valence-electron chi connectivity index (χ3n) is 4.60. The number of rotatable bonds is 6. The second kappa shape index (κ2) is 10.2. The van der Waals surface area contributed by atoms with E-state index in [2.05, 4.69) is 20.6 Å². The molecule has 6 nitrogen and oxygen atoms in total. The lowest BCUT2D eigenvalue weighted by molar-refractivity contribution is 0.0977. The lowest BCUT2D eigenvalue weighted by Crippen LogP contribution is -2.36. The van der Waals surface area contributed by atoms with E-state index in [-0.39, 0.29) is 5.91 Å². The molecule has 0 aliphatic carbocycles. The maximum absolute atomic E-state index is 12.8. The average molecular weight is 402 g/mol. The van der Waals surface area contributed by atoms with Gasteiger partial charge < -0.3 is 10.1 Å². The highest BCUT2D eigenvalue weighted by molar-refractivity contribution is 6.10. The summed E-state index contributed by atoms with van der Waals surface area (Å²) in [6.07, 6.45) is 3.44. The molecule has 0 radical (unpaired) electrons. The van der Waals surface area contributed by atoms with Gasteiger partial charge in [0.2, 0.25) is 5.96 Å². The van der Waals surface area contributed by atoms with Crippen LogP contribution in [-0.4, -0.2) is 23.5 Å². The quantitative estimate of drug-likeness (QED) is 0.470. The standard InChI is InChI=1S/C24H26N4O2/c1-4-30-22-9-7-21(8-10-22)27-24(26-16-19-11-13-25-14-12-19)28-23(29)20-6-5-17(2)18(3)15-20/h5-15H,4,16H2,1-3H3,(H2,26,27,28,29). The Balaban J connectivity index is 1.79. The summed E-state index contributed by atoms with van der Waals surface area (Å²) in [5.41, 5.74) is 4.59. The van der Waals surface area contributed by atoms with E-state index >= 15 is 0 Å². The van der Waals surface area contributed by atoms with Crippen LogP contribution < -0.4 is 15.4 Å². The molecule has 0 aliphatic rings. The minimum absolute atomic E-state index is 0.218. The van der Waals surface area contributed by atoms with Crippen molar-refractivity contribution in [3.8, 4) is 5.75 Å². The van der Waals surface area contributed by atoms with Gasteiger partial charge in [-0.2, -0.15) is 0 Å². The van der Waals surface area contributed by atoms with E-state index in [0.29, 0.717) is 24.7 Å². The number of aryl methyl sites for hydroxylation is 2. The van der Waals surface area contributed by atoms with Crippen molar-refractivity contribution in [3.05, 3.63) is 89.2 Å². The third-order valence-corrected chi connectivity index (χ3v) is 4.60. The fraction of sp³-hybridized carbons (Fsp3) is 0.208. The number of nitrogens with zero attached hydrogens (tertiary/aromatic N) is 2. The SMILES string of the molecule is CCOc1ccc(NC(=NCc2ccncc2)NC(=O)c2ccc(C)c(C)c2)cc1. The van der Waals surface area contributed by atoms with Gasteiger partial charge in [0.25, 0.3) is 5.91 Å². The Morgan fingerprint density at radius 3 is 2.40 bits per heavy atom. The van der Waals surface area contributed by atoms with Crippen molar-refractivity contribution in [2.75, 3.05) is 11.9 Å². The molecule has 0 saturated heterocycles. The number of nitrogens with one attached hydrogen (secondary N) is 2. The molecule has 6 heteroatoms. The second-order valence-corrected chi connectivity index (χ2v) is 6.86. The van der Waals surface area contributed by atoms with Crippen LogP contribution >= 0.6 is 0 Å². The number of ether oxygens (including phenoxy) is 1. The number of amides is 1. The van der Waals surface area contributed by atoms with Crippen molar-refractivity contribution in [1.29, 1.82) is 0 Å². The largest absolute Gasteiger partial charge is 0.494 e. The van der Waals surface area contributed by atoms with Gasteiger partial charge in [0.05, 0.1) is 13.2 Å². The van der Waals surface area contributed by atoms with Gasteiger partial charge in [-0.15, -0.1) is 0 Å². The van der Waals surface area contributed by atoms with Crippen LogP contribution in [-0.2, 0) is 6.54 Å². The zero-order valence-electron chi connectivity index (χ0n) is 17.5. The molecule has 3 aromatic rings. The van der Waals surface area contributed by atoms with Crippen LogP contribution in [0.2, 0.25) is 0 Å². The number of carbonyl (C=O) groups is 1. The fourth-order valence-electron chi connectivity index (χ4n) is 2.77. The maximum Gasteiger partial charge on any atom is 0.257 e. The van der Waals surface area contributed by atoms with Gasteiger partial charge in [-0.05, 0) is 86.0 Å². The van der Waals surface area contributed by atoms with Crippen molar-refractivity contribution in [2.24, 2.45) is 4.99 Å². The van der Waals surface area contributed by atoms with Crippen molar-refractivity contribution < 1.29 is 9.53 Å². The number of anilines is 1. The number of guanidine groups is 1.